The van der Waals surface area contributed by atoms with E-state index in [1.165, 1.54) is 0 Å². The average molecular weight is 542 g/mol. The largest absolute Gasteiger partial charge is 0.396 e. The van der Waals surface area contributed by atoms with Gasteiger partial charge < -0.3 is 24.5 Å². The van der Waals surface area contributed by atoms with E-state index in [2.05, 4.69) is 0 Å². The SMILES string of the molecule is CCCN1CC=C[C@H]2O[C@]34C=CCN(c5ccccc5Cl)C(=O)C3N(CCCCCCO)C(=O)[C@@H]4[C@H]2C1=O. The standard InChI is InChI=1S/C29H36ClN3O5/c1-2-15-31-16-9-13-22-23(26(31)35)24-27(36)33(17-7-3-4-8-19-34)25-28(37)32(18-10-14-29(24,25)38-22)21-12-6-5-11-20(21)30/h5-6,9-14,22-25,34H,2-4,7-8,15-19H2,1H3/t22-,23+,24+,25?,29+/m1/s1. The number of unbranched alkanes of at least 4 members (excludes halogenated alkanes) is 3. The molecule has 4 aliphatic rings. The molecule has 1 aromatic rings. The summed E-state index contributed by atoms with van der Waals surface area (Å²) in [6.45, 7) is 3.92. The number of fused-ring (bicyclic) bond motifs is 2. The van der Waals surface area contributed by atoms with Crippen LogP contribution in [-0.2, 0) is 19.1 Å². The first kappa shape index (κ1) is 26.9. The van der Waals surface area contributed by atoms with Crippen molar-refractivity contribution in [2.24, 2.45) is 11.8 Å². The summed E-state index contributed by atoms with van der Waals surface area (Å²) in [6, 6.07) is 6.28. The highest BCUT2D eigenvalue weighted by Crippen LogP contribution is 2.53. The smallest absolute Gasteiger partial charge is 0.253 e. The lowest BCUT2D eigenvalue weighted by atomic mass is 9.77. The maximum atomic E-state index is 14.3. The topological polar surface area (TPSA) is 90.4 Å². The van der Waals surface area contributed by atoms with Crippen molar-refractivity contribution in [3.63, 3.8) is 0 Å². The van der Waals surface area contributed by atoms with Gasteiger partial charge in [0.15, 0.2) is 0 Å². The molecule has 3 amide bonds. The molecule has 1 aromatic carbocycles. The maximum absolute atomic E-state index is 14.3. The zero-order valence-corrected chi connectivity index (χ0v) is 22.6. The van der Waals surface area contributed by atoms with E-state index in [1.807, 2.05) is 43.4 Å². The molecule has 1 N–H and O–H groups in total. The lowest BCUT2D eigenvalue weighted by Crippen LogP contribution is -2.55. The highest BCUT2D eigenvalue weighted by atomic mass is 35.5. The molecule has 5 atom stereocenters. The summed E-state index contributed by atoms with van der Waals surface area (Å²) in [5, 5.41) is 9.59. The fraction of sp³-hybridized carbons (Fsp3) is 0.552. The number of para-hydroxylation sites is 1. The second-order valence-corrected chi connectivity index (χ2v) is 10.9. The summed E-state index contributed by atoms with van der Waals surface area (Å²) in [5.41, 5.74) is -0.656. The van der Waals surface area contributed by atoms with E-state index in [9.17, 15) is 14.4 Å². The Bertz CT molecular complexity index is 1140. The molecule has 1 spiro atoms. The number of hydrogen-bond donors (Lipinski definition) is 1. The van der Waals surface area contributed by atoms with Crippen LogP contribution in [0, 0.1) is 11.8 Å². The van der Waals surface area contributed by atoms with Crippen LogP contribution in [0.3, 0.4) is 0 Å². The summed E-state index contributed by atoms with van der Waals surface area (Å²) in [6.07, 6.45) is 10.9. The van der Waals surface area contributed by atoms with Crippen LogP contribution in [-0.4, -0.2) is 83.2 Å². The molecule has 5 rings (SSSR count). The monoisotopic (exact) mass is 541 g/mol. The number of halogens is 1. The van der Waals surface area contributed by atoms with Gasteiger partial charge in [-0.15, -0.1) is 0 Å². The molecule has 0 saturated carbocycles. The summed E-state index contributed by atoms with van der Waals surface area (Å²) < 4.78 is 6.67. The molecule has 0 aromatic heterocycles. The number of ether oxygens (including phenoxy) is 1. The highest BCUT2D eigenvalue weighted by molar-refractivity contribution is 6.34. The third kappa shape index (κ3) is 4.46. The van der Waals surface area contributed by atoms with Crippen molar-refractivity contribution in [2.45, 2.75) is 56.8 Å². The zero-order chi connectivity index (χ0) is 26.9. The van der Waals surface area contributed by atoms with Crippen LogP contribution in [0.1, 0.15) is 39.0 Å². The number of likely N-dealkylation sites (tertiary alicyclic amines) is 1. The van der Waals surface area contributed by atoms with E-state index in [-0.39, 0.29) is 30.9 Å². The number of hydrogen-bond acceptors (Lipinski definition) is 5. The van der Waals surface area contributed by atoms with Crippen molar-refractivity contribution < 1.29 is 24.2 Å². The van der Waals surface area contributed by atoms with Gasteiger partial charge in [-0.3, -0.25) is 14.4 Å². The quantitative estimate of drug-likeness (QED) is 0.383. The molecular weight excluding hydrogens is 506 g/mol. The minimum absolute atomic E-state index is 0.0892. The number of carbonyl (C=O) groups is 3. The van der Waals surface area contributed by atoms with Crippen LogP contribution in [0.4, 0.5) is 5.69 Å². The first-order chi connectivity index (χ1) is 18.4. The van der Waals surface area contributed by atoms with Crippen LogP contribution in [0.5, 0.6) is 0 Å². The minimum Gasteiger partial charge on any atom is -0.396 e. The Hall–Kier alpha value is -2.68. The van der Waals surface area contributed by atoms with Gasteiger partial charge in [-0.2, -0.15) is 0 Å². The third-order valence-corrected chi connectivity index (χ3v) is 8.51. The van der Waals surface area contributed by atoms with Crippen molar-refractivity contribution in [1.82, 2.24) is 9.80 Å². The average Bonchev–Trinajstić information content (AvgIpc) is 3.22. The molecular formula is C29H36ClN3O5. The van der Waals surface area contributed by atoms with Gasteiger partial charge in [0.05, 0.1) is 28.6 Å². The number of nitrogens with zero attached hydrogens (tertiary/aromatic N) is 3. The summed E-state index contributed by atoms with van der Waals surface area (Å²) >= 11 is 6.50. The van der Waals surface area contributed by atoms with Gasteiger partial charge >= 0.3 is 0 Å². The first-order valence-electron chi connectivity index (χ1n) is 13.7. The molecule has 38 heavy (non-hydrogen) atoms. The molecule has 204 valence electrons. The summed E-state index contributed by atoms with van der Waals surface area (Å²) in [4.78, 5) is 47.4. The Morgan fingerprint density at radius 2 is 1.79 bits per heavy atom. The van der Waals surface area contributed by atoms with Gasteiger partial charge in [-0.25, -0.2) is 0 Å². The van der Waals surface area contributed by atoms with Gasteiger partial charge in [-0.1, -0.05) is 67.8 Å². The number of aliphatic hydroxyl groups is 1. The third-order valence-electron chi connectivity index (χ3n) is 8.19. The van der Waals surface area contributed by atoms with E-state index in [1.54, 1.807) is 26.8 Å². The van der Waals surface area contributed by atoms with Crippen molar-refractivity contribution in [3.05, 3.63) is 53.6 Å². The molecule has 2 saturated heterocycles. The van der Waals surface area contributed by atoms with E-state index < -0.39 is 29.6 Å². The van der Waals surface area contributed by atoms with Crippen LogP contribution in [0.2, 0.25) is 5.02 Å². The van der Waals surface area contributed by atoms with Crippen molar-refractivity contribution >= 4 is 35.0 Å². The van der Waals surface area contributed by atoms with Gasteiger partial charge in [0.2, 0.25) is 11.8 Å². The number of benzene rings is 1. The lowest BCUT2D eigenvalue weighted by Gasteiger charge is -2.35. The van der Waals surface area contributed by atoms with E-state index in [0.29, 0.717) is 43.2 Å². The molecule has 0 radical (unpaired) electrons. The molecule has 9 heteroatoms. The van der Waals surface area contributed by atoms with Crippen LogP contribution in [0.25, 0.3) is 0 Å². The molecule has 1 unspecified atom stereocenters. The van der Waals surface area contributed by atoms with Gasteiger partial charge in [-0.05, 0) is 31.4 Å². The van der Waals surface area contributed by atoms with Gasteiger partial charge in [0.1, 0.15) is 11.6 Å². The van der Waals surface area contributed by atoms with Crippen LogP contribution in [0.15, 0.2) is 48.6 Å². The number of anilines is 1. The van der Waals surface area contributed by atoms with Gasteiger partial charge in [0.25, 0.3) is 5.91 Å². The number of rotatable bonds is 9. The number of aliphatic hydroxyl groups excluding tert-OH is 1. The van der Waals surface area contributed by atoms with Crippen molar-refractivity contribution in [2.75, 3.05) is 37.7 Å². The Labute approximate surface area is 228 Å². The molecule has 0 aliphatic carbocycles. The molecule has 4 aliphatic heterocycles. The maximum Gasteiger partial charge on any atom is 0.253 e. The predicted molar refractivity (Wildman–Crippen MR) is 145 cm³/mol. The van der Waals surface area contributed by atoms with Crippen molar-refractivity contribution in [1.29, 1.82) is 0 Å². The lowest BCUT2D eigenvalue weighted by molar-refractivity contribution is -0.144. The van der Waals surface area contributed by atoms with Crippen LogP contribution >= 0.6 is 11.6 Å². The second-order valence-electron chi connectivity index (χ2n) is 10.5. The van der Waals surface area contributed by atoms with E-state index in [4.69, 9.17) is 21.4 Å². The van der Waals surface area contributed by atoms with E-state index >= 15 is 0 Å². The Balaban J connectivity index is 1.54. The minimum atomic E-state index is -1.24. The molecule has 4 heterocycles. The fourth-order valence-electron chi connectivity index (χ4n) is 6.53. The predicted octanol–water partition coefficient (Wildman–Crippen LogP) is 3.18. The van der Waals surface area contributed by atoms with Gasteiger partial charge in [0, 0.05) is 32.8 Å². The van der Waals surface area contributed by atoms with E-state index in [0.717, 1.165) is 19.3 Å². The normalized spacial score (nSPS) is 30.4. The molecule has 8 nitrogen and oxygen atoms in total. The molecule has 2 fully saturated rings. The van der Waals surface area contributed by atoms with Crippen molar-refractivity contribution in [3.8, 4) is 0 Å². The summed E-state index contributed by atoms with van der Waals surface area (Å²) in [7, 11) is 0. The number of carbonyl (C=O) groups excluding carboxylic acids is 3. The zero-order valence-electron chi connectivity index (χ0n) is 21.8. The first-order valence-corrected chi connectivity index (χ1v) is 14.1. The highest BCUT2D eigenvalue weighted by Gasteiger charge is 2.71. The number of amides is 3. The Morgan fingerprint density at radius 1 is 1.00 bits per heavy atom. The Kier molecular flexibility index (Phi) is 7.93. The molecule has 0 bridgehead atoms. The fourth-order valence-corrected chi connectivity index (χ4v) is 6.77. The second kappa shape index (κ2) is 11.2. The van der Waals surface area contributed by atoms with Crippen LogP contribution < -0.4 is 4.90 Å². The summed E-state index contributed by atoms with van der Waals surface area (Å²) in [5.74, 6) is -2.01. The Morgan fingerprint density at radius 3 is 2.55 bits per heavy atom.